The normalized spacial score (nSPS) is 11.4. The summed E-state index contributed by atoms with van der Waals surface area (Å²) in [4.78, 5) is 29.3. The summed E-state index contributed by atoms with van der Waals surface area (Å²) in [6.45, 7) is 1.33. The summed E-state index contributed by atoms with van der Waals surface area (Å²) in [6, 6.07) is 19.4. The van der Waals surface area contributed by atoms with Crippen LogP contribution in [0.3, 0.4) is 0 Å². The van der Waals surface area contributed by atoms with Crippen LogP contribution in [0.5, 0.6) is 11.5 Å². The zero-order valence-corrected chi connectivity index (χ0v) is 20.3. The standard InChI is InChI=1S/C26H18BrN3O5/c1-15(31)34-23-11-10-16(12-19(23)27)14-28-30-25(29-20-7-4-3-6-17(20)26(30)32)24-13-18-21(33-2)8-5-9-22(18)35-24/h3-14H,1-2H3. The predicted molar refractivity (Wildman–Crippen MR) is 136 cm³/mol. The molecular formula is C26H18BrN3O5. The third-order valence-corrected chi connectivity index (χ3v) is 5.87. The molecule has 0 saturated carbocycles. The van der Waals surface area contributed by atoms with Gasteiger partial charge in [-0.1, -0.05) is 18.2 Å². The summed E-state index contributed by atoms with van der Waals surface area (Å²) >= 11 is 3.39. The van der Waals surface area contributed by atoms with E-state index < -0.39 is 5.97 Å². The van der Waals surface area contributed by atoms with Gasteiger partial charge in [-0.15, -0.1) is 0 Å². The van der Waals surface area contributed by atoms with Gasteiger partial charge in [0.05, 0.1) is 34.1 Å². The number of carbonyl (C=O) groups excluding carboxylic acids is 1. The van der Waals surface area contributed by atoms with E-state index in [0.29, 0.717) is 43.8 Å². The molecule has 5 aromatic rings. The van der Waals surface area contributed by atoms with Crippen LogP contribution in [0.4, 0.5) is 0 Å². The third kappa shape index (κ3) is 4.33. The minimum absolute atomic E-state index is 0.249. The molecule has 0 radical (unpaired) electrons. The lowest BCUT2D eigenvalue weighted by Gasteiger charge is -2.08. The zero-order valence-electron chi connectivity index (χ0n) is 18.7. The minimum Gasteiger partial charge on any atom is -0.496 e. The maximum atomic E-state index is 13.4. The van der Waals surface area contributed by atoms with Crippen molar-refractivity contribution < 1.29 is 18.7 Å². The molecule has 5 rings (SSSR count). The van der Waals surface area contributed by atoms with Crippen molar-refractivity contribution in [1.82, 2.24) is 9.66 Å². The van der Waals surface area contributed by atoms with Gasteiger partial charge in [0.2, 0.25) is 5.82 Å². The summed E-state index contributed by atoms with van der Waals surface area (Å²) in [5, 5.41) is 5.63. The van der Waals surface area contributed by atoms with Gasteiger partial charge in [-0.25, -0.2) is 4.98 Å². The van der Waals surface area contributed by atoms with Crippen LogP contribution in [0.1, 0.15) is 12.5 Å². The summed E-state index contributed by atoms with van der Waals surface area (Å²) in [5.41, 5.74) is 1.46. The summed E-state index contributed by atoms with van der Waals surface area (Å²) in [7, 11) is 1.58. The Morgan fingerprint density at radius 1 is 1.06 bits per heavy atom. The van der Waals surface area contributed by atoms with Crippen LogP contribution in [0.15, 0.2) is 85.5 Å². The first-order chi connectivity index (χ1) is 16.9. The number of fused-ring (bicyclic) bond motifs is 2. The molecule has 0 spiro atoms. The molecule has 0 aliphatic carbocycles. The molecule has 2 aromatic heterocycles. The second-order valence-electron chi connectivity index (χ2n) is 7.58. The van der Waals surface area contributed by atoms with Crippen molar-refractivity contribution in [2.24, 2.45) is 5.10 Å². The number of benzene rings is 3. The topological polar surface area (TPSA) is 95.9 Å². The summed E-state index contributed by atoms with van der Waals surface area (Å²) in [6.07, 6.45) is 1.52. The Morgan fingerprint density at radius 2 is 1.89 bits per heavy atom. The fraction of sp³-hybridized carbons (Fsp3) is 0.0769. The number of esters is 1. The lowest BCUT2D eigenvalue weighted by atomic mass is 10.2. The first kappa shape index (κ1) is 22.5. The third-order valence-electron chi connectivity index (χ3n) is 5.25. The van der Waals surface area contributed by atoms with Gasteiger partial charge in [0.25, 0.3) is 5.56 Å². The van der Waals surface area contributed by atoms with Gasteiger partial charge in [-0.05, 0) is 70.0 Å². The van der Waals surface area contributed by atoms with Crippen LogP contribution >= 0.6 is 15.9 Å². The quantitative estimate of drug-likeness (QED) is 0.171. The number of halogens is 1. The Hall–Kier alpha value is -4.24. The Labute approximate surface area is 207 Å². The second-order valence-corrected chi connectivity index (χ2v) is 8.43. The number of hydrogen-bond donors (Lipinski definition) is 0. The summed E-state index contributed by atoms with van der Waals surface area (Å²) < 4.78 is 18.4. The number of rotatable bonds is 5. The molecule has 35 heavy (non-hydrogen) atoms. The van der Waals surface area contributed by atoms with Crippen LogP contribution in [0.25, 0.3) is 33.5 Å². The van der Waals surface area contributed by atoms with E-state index in [2.05, 4.69) is 26.0 Å². The van der Waals surface area contributed by atoms with E-state index >= 15 is 0 Å². The maximum absolute atomic E-state index is 13.4. The molecule has 174 valence electrons. The van der Waals surface area contributed by atoms with Crippen LogP contribution in [-0.2, 0) is 4.79 Å². The average Bonchev–Trinajstić information content (AvgIpc) is 3.29. The summed E-state index contributed by atoms with van der Waals surface area (Å²) in [5.74, 6) is 1.23. The van der Waals surface area contributed by atoms with E-state index in [1.165, 1.54) is 17.8 Å². The van der Waals surface area contributed by atoms with Crippen LogP contribution in [0, 0.1) is 0 Å². The molecule has 8 nitrogen and oxygen atoms in total. The van der Waals surface area contributed by atoms with Crippen LogP contribution < -0.4 is 15.0 Å². The lowest BCUT2D eigenvalue weighted by Crippen LogP contribution is -2.20. The van der Waals surface area contributed by atoms with Crippen molar-refractivity contribution in [2.75, 3.05) is 7.11 Å². The van der Waals surface area contributed by atoms with Gasteiger partial charge in [0.1, 0.15) is 17.1 Å². The first-order valence-electron chi connectivity index (χ1n) is 10.6. The number of aromatic nitrogens is 2. The fourth-order valence-corrected chi connectivity index (χ4v) is 4.15. The van der Waals surface area contributed by atoms with Crippen LogP contribution in [0.2, 0.25) is 0 Å². The van der Waals surface area contributed by atoms with Gasteiger partial charge >= 0.3 is 5.97 Å². The van der Waals surface area contributed by atoms with Crippen molar-refractivity contribution >= 4 is 50.0 Å². The molecule has 0 fully saturated rings. The molecule has 0 bridgehead atoms. The zero-order chi connectivity index (χ0) is 24.5. The first-order valence-corrected chi connectivity index (χ1v) is 11.3. The molecule has 2 heterocycles. The Bertz CT molecular complexity index is 1690. The number of ether oxygens (including phenoxy) is 2. The van der Waals surface area contributed by atoms with Gasteiger partial charge in [0.15, 0.2) is 5.76 Å². The van der Waals surface area contributed by atoms with E-state index in [4.69, 9.17) is 13.9 Å². The SMILES string of the molecule is COc1cccc2oc(-c3nc4ccccc4c(=O)n3N=Cc3ccc(OC(C)=O)c(Br)c3)cc12. The number of nitrogens with zero attached hydrogens (tertiary/aromatic N) is 3. The van der Waals surface area contributed by atoms with Gasteiger partial charge in [0, 0.05) is 6.92 Å². The smallest absolute Gasteiger partial charge is 0.308 e. The van der Waals surface area contributed by atoms with Crippen molar-refractivity contribution in [3.63, 3.8) is 0 Å². The van der Waals surface area contributed by atoms with Crippen molar-refractivity contribution in [3.05, 3.63) is 87.1 Å². The molecule has 0 atom stereocenters. The van der Waals surface area contributed by atoms with Crippen LogP contribution in [-0.4, -0.2) is 29.0 Å². The molecule has 0 saturated heterocycles. The second kappa shape index (κ2) is 9.19. The monoisotopic (exact) mass is 531 g/mol. The Kier molecular flexibility index (Phi) is 5.92. The highest BCUT2D eigenvalue weighted by molar-refractivity contribution is 9.10. The van der Waals surface area contributed by atoms with Gasteiger partial charge in [-0.2, -0.15) is 9.78 Å². The van der Waals surface area contributed by atoms with Gasteiger partial charge < -0.3 is 13.9 Å². The molecule has 0 amide bonds. The van der Waals surface area contributed by atoms with E-state index in [-0.39, 0.29) is 11.4 Å². The van der Waals surface area contributed by atoms with E-state index in [1.807, 2.05) is 24.3 Å². The predicted octanol–water partition coefficient (Wildman–Crippen LogP) is 5.39. The lowest BCUT2D eigenvalue weighted by molar-refractivity contribution is -0.131. The number of methoxy groups -OCH3 is 1. The molecule has 0 aliphatic heterocycles. The maximum Gasteiger partial charge on any atom is 0.308 e. The van der Waals surface area contributed by atoms with Crippen molar-refractivity contribution in [1.29, 1.82) is 0 Å². The molecule has 3 aromatic carbocycles. The number of furan rings is 1. The molecule has 9 heteroatoms. The number of hydrogen-bond acceptors (Lipinski definition) is 7. The van der Waals surface area contributed by atoms with Gasteiger partial charge in [-0.3, -0.25) is 9.59 Å². The Morgan fingerprint density at radius 3 is 2.66 bits per heavy atom. The van der Waals surface area contributed by atoms with Crippen molar-refractivity contribution in [3.8, 4) is 23.1 Å². The number of carbonyl (C=O) groups is 1. The molecule has 0 N–H and O–H groups in total. The highest BCUT2D eigenvalue weighted by atomic mass is 79.9. The largest absolute Gasteiger partial charge is 0.496 e. The van der Waals surface area contributed by atoms with Crippen molar-refractivity contribution in [2.45, 2.75) is 6.92 Å². The van der Waals surface area contributed by atoms with E-state index in [0.717, 1.165) is 5.39 Å². The van der Waals surface area contributed by atoms with E-state index in [1.54, 1.807) is 49.6 Å². The fourth-order valence-electron chi connectivity index (χ4n) is 3.67. The Balaban J connectivity index is 1.66. The molecule has 0 aliphatic rings. The minimum atomic E-state index is -0.423. The average molecular weight is 532 g/mol. The highest BCUT2D eigenvalue weighted by Gasteiger charge is 2.18. The molecule has 0 unspecified atom stereocenters. The molecular weight excluding hydrogens is 514 g/mol. The van der Waals surface area contributed by atoms with E-state index in [9.17, 15) is 9.59 Å². The number of para-hydroxylation sites is 1. The highest BCUT2D eigenvalue weighted by Crippen LogP contribution is 2.33.